The molecule has 0 aliphatic heterocycles. The lowest BCUT2D eigenvalue weighted by Crippen LogP contribution is -2.33. The molecular weight excluding hydrogens is 252 g/mol. The maximum Gasteiger partial charge on any atom is 0.250 e. The van der Waals surface area contributed by atoms with Crippen molar-refractivity contribution >= 4 is 17.5 Å². The first-order chi connectivity index (χ1) is 8.56. The maximum absolute atomic E-state index is 11.0. The van der Waals surface area contributed by atoms with Gasteiger partial charge in [-0.1, -0.05) is 11.6 Å². The van der Waals surface area contributed by atoms with Crippen LogP contribution in [0.2, 0.25) is 5.02 Å². The number of ether oxygens (including phenoxy) is 1. The summed E-state index contributed by atoms with van der Waals surface area (Å²) in [5.74, 6) is 0.121. The van der Waals surface area contributed by atoms with Gasteiger partial charge in [0.2, 0.25) is 5.91 Å². The molecule has 2 atom stereocenters. The minimum atomic E-state index is -0.536. The van der Waals surface area contributed by atoms with Gasteiger partial charge < -0.3 is 16.2 Å². The minimum absolute atomic E-state index is 0.129. The van der Waals surface area contributed by atoms with E-state index in [4.69, 9.17) is 27.8 Å². The highest BCUT2D eigenvalue weighted by Gasteiger charge is 2.21. The summed E-state index contributed by atoms with van der Waals surface area (Å²) in [6, 6.07) is 5.14. The van der Waals surface area contributed by atoms with Gasteiger partial charge in [0.25, 0.3) is 0 Å². The molecule has 1 aromatic carbocycles. The quantitative estimate of drug-likeness (QED) is 0.881. The van der Waals surface area contributed by atoms with E-state index in [1.807, 2.05) is 0 Å². The van der Waals surface area contributed by atoms with E-state index >= 15 is 0 Å². The Morgan fingerprint density at radius 1 is 1.39 bits per heavy atom. The fraction of sp³-hybridized carbons (Fsp3) is 0.462. The normalized spacial score (nSPS) is 23.7. The van der Waals surface area contributed by atoms with E-state index in [0.29, 0.717) is 16.3 Å². The molecule has 2 unspecified atom stereocenters. The van der Waals surface area contributed by atoms with Gasteiger partial charge >= 0.3 is 0 Å². The molecule has 0 saturated heterocycles. The molecule has 1 saturated carbocycles. The van der Waals surface area contributed by atoms with Crippen molar-refractivity contribution in [1.82, 2.24) is 0 Å². The van der Waals surface area contributed by atoms with Crippen LogP contribution in [-0.2, 0) is 0 Å². The van der Waals surface area contributed by atoms with Crippen molar-refractivity contribution in [3.05, 3.63) is 28.8 Å². The smallest absolute Gasteiger partial charge is 0.250 e. The van der Waals surface area contributed by atoms with Crippen molar-refractivity contribution in [2.24, 2.45) is 11.5 Å². The van der Waals surface area contributed by atoms with E-state index in [-0.39, 0.29) is 12.1 Å². The van der Waals surface area contributed by atoms with Crippen LogP contribution in [0.15, 0.2) is 18.2 Å². The van der Waals surface area contributed by atoms with Gasteiger partial charge in [-0.2, -0.15) is 0 Å². The molecule has 1 fully saturated rings. The first-order valence-corrected chi connectivity index (χ1v) is 6.45. The number of benzene rings is 1. The summed E-state index contributed by atoms with van der Waals surface area (Å²) in [5, 5.41) is 0.320. The first-order valence-electron chi connectivity index (χ1n) is 6.08. The molecule has 5 heteroatoms. The van der Waals surface area contributed by atoms with Crippen LogP contribution < -0.4 is 16.2 Å². The van der Waals surface area contributed by atoms with Gasteiger partial charge in [-0.15, -0.1) is 0 Å². The third kappa shape index (κ3) is 3.15. The number of primary amides is 1. The van der Waals surface area contributed by atoms with E-state index in [9.17, 15) is 4.79 Å². The lowest BCUT2D eigenvalue weighted by Gasteiger charge is -2.27. The lowest BCUT2D eigenvalue weighted by molar-refractivity contribution is 0.100. The zero-order valence-electron chi connectivity index (χ0n) is 10.1. The topological polar surface area (TPSA) is 78.3 Å². The van der Waals surface area contributed by atoms with E-state index in [1.54, 1.807) is 18.2 Å². The zero-order valence-corrected chi connectivity index (χ0v) is 10.8. The van der Waals surface area contributed by atoms with E-state index in [0.717, 1.165) is 25.7 Å². The minimum Gasteiger partial charge on any atom is -0.490 e. The Morgan fingerprint density at radius 2 is 2.17 bits per heavy atom. The van der Waals surface area contributed by atoms with E-state index < -0.39 is 5.91 Å². The van der Waals surface area contributed by atoms with Gasteiger partial charge in [0, 0.05) is 6.04 Å². The van der Waals surface area contributed by atoms with Crippen molar-refractivity contribution in [3.8, 4) is 5.75 Å². The first kappa shape index (κ1) is 13.2. The van der Waals surface area contributed by atoms with Crippen LogP contribution in [0.5, 0.6) is 5.75 Å². The van der Waals surface area contributed by atoms with Crippen molar-refractivity contribution in [2.75, 3.05) is 0 Å². The Hall–Kier alpha value is -1.26. The van der Waals surface area contributed by atoms with Gasteiger partial charge in [0.15, 0.2) is 0 Å². The van der Waals surface area contributed by atoms with Crippen molar-refractivity contribution in [3.63, 3.8) is 0 Å². The lowest BCUT2D eigenvalue weighted by atomic mass is 9.93. The molecule has 18 heavy (non-hydrogen) atoms. The van der Waals surface area contributed by atoms with Crippen LogP contribution >= 0.6 is 11.6 Å². The highest BCUT2D eigenvalue weighted by atomic mass is 35.5. The predicted molar refractivity (Wildman–Crippen MR) is 70.8 cm³/mol. The molecule has 0 aromatic heterocycles. The Morgan fingerprint density at radius 3 is 2.78 bits per heavy atom. The van der Waals surface area contributed by atoms with Crippen LogP contribution in [0.25, 0.3) is 0 Å². The zero-order chi connectivity index (χ0) is 13.1. The standard InChI is InChI=1S/C13H17ClN2O2/c14-12-7-10(4-5-11(12)13(16)17)18-9-3-1-2-8(15)6-9/h4-5,7-9H,1-3,6,15H2,(H2,16,17). The van der Waals surface area contributed by atoms with Crippen LogP contribution in [-0.4, -0.2) is 18.1 Å². The van der Waals surface area contributed by atoms with Crippen molar-refractivity contribution in [1.29, 1.82) is 0 Å². The van der Waals surface area contributed by atoms with E-state index in [1.165, 1.54) is 0 Å². The Balaban J connectivity index is 2.05. The van der Waals surface area contributed by atoms with Gasteiger partial charge in [-0.3, -0.25) is 4.79 Å². The number of nitrogens with two attached hydrogens (primary N) is 2. The summed E-state index contributed by atoms with van der Waals surface area (Å²) < 4.78 is 5.82. The van der Waals surface area contributed by atoms with Crippen LogP contribution in [0.4, 0.5) is 0 Å². The van der Waals surface area contributed by atoms with Gasteiger partial charge in [0.1, 0.15) is 11.9 Å². The number of rotatable bonds is 3. The second kappa shape index (κ2) is 5.59. The summed E-state index contributed by atoms with van der Waals surface area (Å²) in [6.45, 7) is 0. The second-order valence-corrected chi connectivity index (χ2v) is 5.08. The summed E-state index contributed by atoms with van der Waals surface area (Å²) in [4.78, 5) is 11.0. The SMILES string of the molecule is NC(=O)c1ccc(OC2CCCC(N)C2)cc1Cl. The largest absolute Gasteiger partial charge is 0.490 e. The summed E-state index contributed by atoms with van der Waals surface area (Å²) in [5.41, 5.74) is 11.4. The summed E-state index contributed by atoms with van der Waals surface area (Å²) in [6.07, 6.45) is 4.13. The van der Waals surface area contributed by atoms with Crippen LogP contribution in [0.3, 0.4) is 0 Å². The number of carbonyl (C=O) groups is 1. The Bertz CT molecular complexity index is 451. The molecule has 0 heterocycles. The monoisotopic (exact) mass is 268 g/mol. The Labute approximate surface area is 111 Å². The molecule has 2 rings (SSSR count). The maximum atomic E-state index is 11.0. The molecule has 1 aliphatic rings. The van der Waals surface area contributed by atoms with Gasteiger partial charge in [0.05, 0.1) is 10.6 Å². The fourth-order valence-corrected chi connectivity index (χ4v) is 2.51. The van der Waals surface area contributed by atoms with E-state index in [2.05, 4.69) is 0 Å². The van der Waals surface area contributed by atoms with Gasteiger partial charge in [-0.25, -0.2) is 0 Å². The third-order valence-electron chi connectivity index (χ3n) is 3.18. The molecule has 0 spiro atoms. The number of hydrogen-bond acceptors (Lipinski definition) is 3. The number of hydrogen-bond donors (Lipinski definition) is 2. The predicted octanol–water partition coefficient (Wildman–Crippen LogP) is 2.09. The second-order valence-electron chi connectivity index (χ2n) is 4.67. The van der Waals surface area contributed by atoms with Crippen molar-refractivity contribution < 1.29 is 9.53 Å². The summed E-state index contributed by atoms with van der Waals surface area (Å²) in [7, 11) is 0. The molecule has 0 bridgehead atoms. The molecule has 98 valence electrons. The van der Waals surface area contributed by atoms with Gasteiger partial charge in [-0.05, 0) is 43.9 Å². The molecular formula is C13H17ClN2O2. The summed E-state index contributed by atoms with van der Waals surface area (Å²) >= 11 is 5.97. The third-order valence-corrected chi connectivity index (χ3v) is 3.49. The average molecular weight is 269 g/mol. The fourth-order valence-electron chi connectivity index (χ4n) is 2.25. The molecule has 1 aromatic rings. The molecule has 1 aliphatic carbocycles. The molecule has 1 amide bonds. The molecule has 0 radical (unpaired) electrons. The Kier molecular flexibility index (Phi) is 4.09. The number of carbonyl (C=O) groups excluding carboxylic acids is 1. The highest BCUT2D eigenvalue weighted by molar-refractivity contribution is 6.33. The van der Waals surface area contributed by atoms with Crippen LogP contribution in [0.1, 0.15) is 36.0 Å². The average Bonchev–Trinajstić information content (AvgIpc) is 2.28. The van der Waals surface area contributed by atoms with Crippen LogP contribution in [0, 0.1) is 0 Å². The van der Waals surface area contributed by atoms with Crippen molar-refractivity contribution in [2.45, 2.75) is 37.8 Å². The molecule has 4 nitrogen and oxygen atoms in total. The highest BCUT2D eigenvalue weighted by Crippen LogP contribution is 2.26. The number of amides is 1. The molecule has 4 N–H and O–H groups in total. The number of halogens is 1.